The average molecular weight is 239 g/mol. The van der Waals surface area contributed by atoms with Gasteiger partial charge in [0.25, 0.3) is 0 Å². The van der Waals surface area contributed by atoms with Crippen molar-refractivity contribution in [2.24, 2.45) is 5.73 Å². The van der Waals surface area contributed by atoms with Gasteiger partial charge in [-0.15, -0.1) is 0 Å². The summed E-state index contributed by atoms with van der Waals surface area (Å²) in [6.07, 6.45) is 0. The quantitative estimate of drug-likeness (QED) is 0.783. The van der Waals surface area contributed by atoms with Crippen LogP contribution in [0.3, 0.4) is 0 Å². The first-order valence-corrected chi connectivity index (χ1v) is 6.20. The lowest BCUT2D eigenvalue weighted by molar-refractivity contribution is 0.573. The van der Waals surface area contributed by atoms with Gasteiger partial charge in [0.05, 0.1) is 10.5 Å². The van der Waals surface area contributed by atoms with Crippen molar-refractivity contribution in [3.8, 4) is 6.07 Å². The lowest BCUT2D eigenvalue weighted by atomic mass is 10.2. The molecule has 3 N–H and O–H groups in total. The molecule has 1 rings (SSSR count). The zero-order chi connectivity index (χ0) is 12.2. The van der Waals surface area contributed by atoms with E-state index in [2.05, 4.69) is 4.72 Å². The largest absolute Gasteiger partial charge is 0.327 e. The van der Waals surface area contributed by atoms with Crippen LogP contribution >= 0.6 is 0 Å². The highest BCUT2D eigenvalue weighted by Gasteiger charge is 2.17. The van der Waals surface area contributed by atoms with Gasteiger partial charge in [-0.05, 0) is 19.1 Å². The Labute approximate surface area is 94.9 Å². The number of nitrogens with zero attached hydrogens (tertiary/aromatic N) is 1. The molecule has 0 aromatic heterocycles. The Morgan fingerprint density at radius 3 is 2.69 bits per heavy atom. The van der Waals surface area contributed by atoms with Gasteiger partial charge >= 0.3 is 0 Å². The maximum atomic E-state index is 11.8. The highest BCUT2D eigenvalue weighted by molar-refractivity contribution is 7.89. The third-order valence-corrected chi connectivity index (χ3v) is 3.37. The normalized spacial score (nSPS) is 13.1. The fourth-order valence-electron chi connectivity index (χ4n) is 1.11. The second kappa shape index (κ2) is 5.07. The second-order valence-electron chi connectivity index (χ2n) is 3.44. The first-order chi connectivity index (χ1) is 7.47. The smallest absolute Gasteiger partial charge is 0.241 e. The van der Waals surface area contributed by atoms with Crippen LogP contribution in [0.2, 0.25) is 0 Å². The van der Waals surface area contributed by atoms with Crippen LogP contribution in [-0.4, -0.2) is 21.0 Å². The van der Waals surface area contributed by atoms with E-state index in [0.29, 0.717) is 0 Å². The summed E-state index contributed by atoms with van der Waals surface area (Å²) in [4.78, 5) is -0.0156. The molecular weight excluding hydrogens is 226 g/mol. The van der Waals surface area contributed by atoms with Gasteiger partial charge in [-0.25, -0.2) is 13.1 Å². The molecule has 0 radical (unpaired) electrons. The summed E-state index contributed by atoms with van der Waals surface area (Å²) in [6, 6.07) is 7.60. The van der Waals surface area contributed by atoms with Crippen molar-refractivity contribution in [3.63, 3.8) is 0 Å². The lowest BCUT2D eigenvalue weighted by Gasteiger charge is -2.09. The first-order valence-electron chi connectivity index (χ1n) is 4.72. The summed E-state index contributed by atoms with van der Waals surface area (Å²) in [5.41, 5.74) is 5.58. The molecule has 0 aliphatic heterocycles. The number of hydrogen-bond acceptors (Lipinski definition) is 4. The Bertz CT molecular complexity index is 503. The van der Waals surface area contributed by atoms with E-state index >= 15 is 0 Å². The minimum atomic E-state index is -3.65. The van der Waals surface area contributed by atoms with Crippen molar-refractivity contribution in [3.05, 3.63) is 29.8 Å². The minimum Gasteiger partial charge on any atom is -0.327 e. The van der Waals surface area contributed by atoms with Crippen LogP contribution in [-0.2, 0) is 10.0 Å². The molecule has 1 aromatic carbocycles. The number of benzene rings is 1. The number of hydrogen-bond donors (Lipinski definition) is 2. The standard InChI is InChI=1S/C10H13N3O2S/c1-8(12)7-13-16(14,15)10-5-3-2-4-9(10)6-11/h2-5,8,13H,7,12H2,1H3. The molecule has 0 fully saturated rings. The molecule has 16 heavy (non-hydrogen) atoms. The van der Waals surface area contributed by atoms with Crippen LogP contribution in [0, 0.1) is 11.3 Å². The monoisotopic (exact) mass is 239 g/mol. The van der Waals surface area contributed by atoms with Crippen molar-refractivity contribution >= 4 is 10.0 Å². The van der Waals surface area contributed by atoms with E-state index in [0.717, 1.165) is 0 Å². The van der Waals surface area contributed by atoms with Gasteiger partial charge in [0, 0.05) is 12.6 Å². The van der Waals surface area contributed by atoms with E-state index in [9.17, 15) is 8.42 Å². The van der Waals surface area contributed by atoms with E-state index in [4.69, 9.17) is 11.0 Å². The third-order valence-electron chi connectivity index (χ3n) is 1.89. The minimum absolute atomic E-state index is 0.0156. The van der Waals surface area contributed by atoms with Gasteiger partial charge in [0.15, 0.2) is 0 Å². The highest BCUT2D eigenvalue weighted by atomic mass is 32.2. The maximum absolute atomic E-state index is 11.8. The van der Waals surface area contributed by atoms with E-state index in [1.807, 2.05) is 6.07 Å². The zero-order valence-electron chi connectivity index (χ0n) is 8.84. The summed E-state index contributed by atoms with van der Waals surface area (Å²) in [6.45, 7) is 1.83. The van der Waals surface area contributed by atoms with Gasteiger partial charge in [0.2, 0.25) is 10.0 Å². The number of nitriles is 1. The van der Waals surface area contributed by atoms with Gasteiger partial charge in [-0.3, -0.25) is 0 Å². The van der Waals surface area contributed by atoms with Crippen molar-refractivity contribution in [2.45, 2.75) is 17.9 Å². The Hall–Kier alpha value is -1.42. The first kappa shape index (κ1) is 12.6. The molecule has 6 heteroatoms. The maximum Gasteiger partial charge on any atom is 0.241 e. The molecule has 1 aromatic rings. The van der Waals surface area contributed by atoms with Crippen LogP contribution in [0.15, 0.2) is 29.2 Å². The van der Waals surface area contributed by atoms with Crippen LogP contribution in [0.1, 0.15) is 12.5 Å². The van der Waals surface area contributed by atoms with Crippen molar-refractivity contribution in [1.29, 1.82) is 5.26 Å². The fourth-order valence-corrected chi connectivity index (χ4v) is 2.41. The Balaban J connectivity index is 3.04. The number of sulfonamides is 1. The fraction of sp³-hybridized carbons (Fsp3) is 0.300. The van der Waals surface area contributed by atoms with Crippen molar-refractivity contribution in [1.82, 2.24) is 4.72 Å². The Morgan fingerprint density at radius 2 is 2.12 bits per heavy atom. The summed E-state index contributed by atoms with van der Waals surface area (Å²) in [7, 11) is -3.65. The van der Waals surface area contributed by atoms with Gasteiger partial charge < -0.3 is 5.73 Å². The van der Waals surface area contributed by atoms with Crippen LogP contribution in [0.5, 0.6) is 0 Å². The number of nitrogens with one attached hydrogen (secondary N) is 1. The SMILES string of the molecule is CC(N)CNS(=O)(=O)c1ccccc1C#N. The molecule has 0 amide bonds. The van der Waals surface area contributed by atoms with Crippen LogP contribution < -0.4 is 10.5 Å². The Kier molecular flexibility index (Phi) is 4.01. The van der Waals surface area contributed by atoms with Crippen LogP contribution in [0.4, 0.5) is 0 Å². The number of nitrogens with two attached hydrogens (primary N) is 1. The number of rotatable bonds is 4. The van der Waals surface area contributed by atoms with E-state index in [-0.39, 0.29) is 23.0 Å². The van der Waals surface area contributed by atoms with E-state index in [1.165, 1.54) is 12.1 Å². The summed E-state index contributed by atoms with van der Waals surface area (Å²) >= 11 is 0. The molecule has 0 saturated carbocycles. The second-order valence-corrected chi connectivity index (χ2v) is 5.17. The molecule has 0 heterocycles. The molecule has 0 bridgehead atoms. The molecule has 1 unspecified atom stereocenters. The summed E-state index contributed by atoms with van der Waals surface area (Å²) in [5, 5.41) is 8.79. The molecular formula is C10H13N3O2S. The van der Waals surface area contributed by atoms with Crippen molar-refractivity contribution < 1.29 is 8.42 Å². The molecule has 5 nitrogen and oxygen atoms in total. The molecule has 0 spiro atoms. The summed E-state index contributed by atoms with van der Waals surface area (Å²) in [5.74, 6) is 0. The van der Waals surface area contributed by atoms with Gasteiger partial charge in [-0.1, -0.05) is 12.1 Å². The molecule has 0 aliphatic rings. The van der Waals surface area contributed by atoms with E-state index in [1.54, 1.807) is 19.1 Å². The molecule has 86 valence electrons. The zero-order valence-corrected chi connectivity index (χ0v) is 9.66. The molecule has 0 saturated heterocycles. The predicted molar refractivity (Wildman–Crippen MR) is 60.0 cm³/mol. The van der Waals surface area contributed by atoms with Gasteiger partial charge in [-0.2, -0.15) is 5.26 Å². The third kappa shape index (κ3) is 3.03. The van der Waals surface area contributed by atoms with Crippen LogP contribution in [0.25, 0.3) is 0 Å². The lowest BCUT2D eigenvalue weighted by Crippen LogP contribution is -2.35. The highest BCUT2D eigenvalue weighted by Crippen LogP contribution is 2.13. The van der Waals surface area contributed by atoms with Gasteiger partial charge in [0.1, 0.15) is 6.07 Å². The summed E-state index contributed by atoms with van der Waals surface area (Å²) < 4.78 is 25.9. The molecule has 0 aliphatic carbocycles. The topological polar surface area (TPSA) is 96.0 Å². The van der Waals surface area contributed by atoms with E-state index < -0.39 is 10.0 Å². The average Bonchev–Trinajstić information content (AvgIpc) is 2.26. The molecule has 1 atom stereocenters. The van der Waals surface area contributed by atoms with Crippen molar-refractivity contribution in [2.75, 3.05) is 6.54 Å². The Morgan fingerprint density at radius 1 is 1.50 bits per heavy atom. The predicted octanol–water partition coefficient (Wildman–Crippen LogP) is 0.184.